The highest BCUT2D eigenvalue weighted by atomic mass is 32.1. The Balaban J connectivity index is 3.40. The average Bonchev–Trinajstić information content (AvgIpc) is 2.15. The van der Waals surface area contributed by atoms with E-state index in [1.54, 1.807) is 0 Å². The molecule has 0 fully saturated rings. The monoisotopic (exact) mass is 217 g/mol. The second-order valence-corrected chi connectivity index (χ2v) is 4.31. The minimum Gasteiger partial charge on any atom is -0.345 e. The van der Waals surface area contributed by atoms with Gasteiger partial charge in [-0.1, -0.05) is 39.5 Å². The Morgan fingerprint density at radius 1 is 1.21 bits per heavy atom. The van der Waals surface area contributed by atoms with Gasteiger partial charge in [0.25, 0.3) is 0 Å². The number of carbonyl (C=O) groups is 1. The molecule has 0 heterocycles. The van der Waals surface area contributed by atoms with Crippen LogP contribution in [0.25, 0.3) is 0 Å². The highest BCUT2D eigenvalue weighted by Crippen LogP contribution is 2.05. The molecule has 0 aromatic carbocycles. The summed E-state index contributed by atoms with van der Waals surface area (Å²) in [6, 6.07) is 0. The first-order valence-electron chi connectivity index (χ1n) is 5.68. The SMILES string of the molecule is CCCCCC(=O)NC(S)CCCC. The zero-order chi connectivity index (χ0) is 10.8. The molecule has 0 saturated carbocycles. The molecule has 0 aromatic rings. The normalized spacial score (nSPS) is 12.5. The number of rotatable bonds is 8. The second kappa shape index (κ2) is 9.38. The van der Waals surface area contributed by atoms with Crippen molar-refractivity contribution >= 4 is 18.5 Å². The van der Waals surface area contributed by atoms with E-state index in [9.17, 15) is 4.79 Å². The fraction of sp³-hybridized carbons (Fsp3) is 0.909. The van der Waals surface area contributed by atoms with Crippen LogP contribution in [-0.4, -0.2) is 11.3 Å². The lowest BCUT2D eigenvalue weighted by Crippen LogP contribution is -2.30. The Labute approximate surface area is 93.3 Å². The predicted octanol–water partition coefficient (Wildman–Crippen LogP) is 3.13. The van der Waals surface area contributed by atoms with E-state index in [0.717, 1.165) is 38.5 Å². The lowest BCUT2D eigenvalue weighted by molar-refractivity contribution is -0.121. The molecular weight excluding hydrogens is 194 g/mol. The molecule has 2 nitrogen and oxygen atoms in total. The van der Waals surface area contributed by atoms with Gasteiger partial charge in [0.2, 0.25) is 5.91 Å². The molecular formula is C11H23NOS. The third-order valence-corrected chi connectivity index (χ3v) is 2.55. The van der Waals surface area contributed by atoms with E-state index >= 15 is 0 Å². The van der Waals surface area contributed by atoms with E-state index in [1.807, 2.05) is 0 Å². The lowest BCUT2D eigenvalue weighted by atomic mass is 10.2. The summed E-state index contributed by atoms with van der Waals surface area (Å²) in [6.45, 7) is 4.28. The average molecular weight is 217 g/mol. The van der Waals surface area contributed by atoms with Crippen LogP contribution in [0.1, 0.15) is 58.8 Å². The van der Waals surface area contributed by atoms with Crippen LogP contribution in [-0.2, 0) is 4.79 Å². The Morgan fingerprint density at radius 2 is 1.86 bits per heavy atom. The zero-order valence-electron chi connectivity index (χ0n) is 9.38. The molecule has 1 unspecified atom stereocenters. The van der Waals surface area contributed by atoms with Gasteiger partial charge >= 0.3 is 0 Å². The fourth-order valence-corrected chi connectivity index (χ4v) is 1.59. The summed E-state index contributed by atoms with van der Waals surface area (Å²) >= 11 is 4.32. The Kier molecular flexibility index (Phi) is 9.26. The van der Waals surface area contributed by atoms with E-state index in [0.29, 0.717) is 6.42 Å². The predicted molar refractivity (Wildman–Crippen MR) is 64.6 cm³/mol. The highest BCUT2D eigenvalue weighted by molar-refractivity contribution is 7.80. The van der Waals surface area contributed by atoms with E-state index in [-0.39, 0.29) is 11.3 Å². The Bertz CT molecular complexity index is 150. The summed E-state index contributed by atoms with van der Waals surface area (Å²) in [5.41, 5.74) is 0. The van der Waals surface area contributed by atoms with Crippen molar-refractivity contribution in [2.24, 2.45) is 0 Å². The molecule has 0 radical (unpaired) electrons. The van der Waals surface area contributed by atoms with E-state index < -0.39 is 0 Å². The molecule has 0 rings (SSSR count). The topological polar surface area (TPSA) is 29.1 Å². The van der Waals surface area contributed by atoms with Crippen molar-refractivity contribution in [3.63, 3.8) is 0 Å². The van der Waals surface area contributed by atoms with Crippen LogP contribution in [0.2, 0.25) is 0 Å². The molecule has 0 spiro atoms. The number of unbranched alkanes of at least 4 members (excludes halogenated alkanes) is 3. The van der Waals surface area contributed by atoms with Crippen molar-refractivity contribution in [3.05, 3.63) is 0 Å². The van der Waals surface area contributed by atoms with Gasteiger partial charge in [-0.2, -0.15) is 12.6 Å². The summed E-state index contributed by atoms with van der Waals surface area (Å²) in [7, 11) is 0. The molecule has 0 aliphatic rings. The van der Waals surface area contributed by atoms with Crippen molar-refractivity contribution in [3.8, 4) is 0 Å². The largest absolute Gasteiger partial charge is 0.345 e. The molecule has 3 heteroatoms. The molecule has 0 aliphatic carbocycles. The number of carbonyl (C=O) groups excluding carboxylic acids is 1. The van der Waals surface area contributed by atoms with Crippen LogP contribution >= 0.6 is 12.6 Å². The van der Waals surface area contributed by atoms with Gasteiger partial charge < -0.3 is 5.32 Å². The maximum absolute atomic E-state index is 11.3. The third-order valence-electron chi connectivity index (χ3n) is 2.17. The van der Waals surface area contributed by atoms with Gasteiger partial charge in [-0.05, 0) is 12.8 Å². The summed E-state index contributed by atoms with van der Waals surface area (Å²) in [5, 5.41) is 2.94. The van der Waals surface area contributed by atoms with E-state index in [2.05, 4.69) is 31.8 Å². The van der Waals surface area contributed by atoms with Gasteiger partial charge in [0, 0.05) is 6.42 Å². The van der Waals surface area contributed by atoms with Crippen molar-refractivity contribution in [1.82, 2.24) is 5.32 Å². The molecule has 1 atom stereocenters. The number of hydrogen-bond donors (Lipinski definition) is 2. The number of amides is 1. The number of thiol groups is 1. The van der Waals surface area contributed by atoms with Crippen molar-refractivity contribution in [2.75, 3.05) is 0 Å². The molecule has 0 aromatic heterocycles. The summed E-state index contributed by atoms with van der Waals surface area (Å²) in [6.07, 6.45) is 7.20. The van der Waals surface area contributed by atoms with Crippen LogP contribution in [0, 0.1) is 0 Å². The first kappa shape index (κ1) is 13.8. The van der Waals surface area contributed by atoms with Gasteiger partial charge in [-0.15, -0.1) is 0 Å². The van der Waals surface area contributed by atoms with Crippen LogP contribution in [0.3, 0.4) is 0 Å². The fourth-order valence-electron chi connectivity index (χ4n) is 1.26. The first-order chi connectivity index (χ1) is 6.70. The Morgan fingerprint density at radius 3 is 2.43 bits per heavy atom. The molecule has 0 aliphatic heterocycles. The van der Waals surface area contributed by atoms with Crippen molar-refractivity contribution < 1.29 is 4.79 Å². The zero-order valence-corrected chi connectivity index (χ0v) is 10.3. The maximum atomic E-state index is 11.3. The van der Waals surface area contributed by atoms with Crippen LogP contribution in [0.4, 0.5) is 0 Å². The quantitative estimate of drug-likeness (QED) is 0.365. The molecule has 1 N–H and O–H groups in total. The van der Waals surface area contributed by atoms with Crippen LogP contribution < -0.4 is 5.32 Å². The molecule has 1 amide bonds. The summed E-state index contributed by atoms with van der Waals surface area (Å²) in [5.74, 6) is 0.148. The van der Waals surface area contributed by atoms with Gasteiger partial charge in [-0.3, -0.25) is 4.79 Å². The minimum absolute atomic E-state index is 0.0454. The van der Waals surface area contributed by atoms with E-state index in [1.165, 1.54) is 0 Å². The number of hydrogen-bond acceptors (Lipinski definition) is 2. The Hall–Kier alpha value is -0.180. The summed E-state index contributed by atoms with van der Waals surface area (Å²) < 4.78 is 0. The summed E-state index contributed by atoms with van der Waals surface area (Å²) in [4.78, 5) is 11.3. The van der Waals surface area contributed by atoms with Crippen LogP contribution in [0.5, 0.6) is 0 Å². The standard InChI is InChI=1S/C11H23NOS/c1-3-5-7-8-10(13)12-11(14)9-6-4-2/h11,14H,3-9H2,1-2H3,(H,12,13). The van der Waals surface area contributed by atoms with Gasteiger partial charge in [0.05, 0.1) is 5.37 Å². The molecule has 0 saturated heterocycles. The van der Waals surface area contributed by atoms with Gasteiger partial charge in [0.15, 0.2) is 0 Å². The molecule has 84 valence electrons. The van der Waals surface area contributed by atoms with Crippen molar-refractivity contribution in [1.29, 1.82) is 0 Å². The molecule has 0 bridgehead atoms. The minimum atomic E-state index is 0.0454. The highest BCUT2D eigenvalue weighted by Gasteiger charge is 2.06. The van der Waals surface area contributed by atoms with Crippen LogP contribution in [0.15, 0.2) is 0 Å². The first-order valence-corrected chi connectivity index (χ1v) is 6.19. The molecule has 14 heavy (non-hydrogen) atoms. The maximum Gasteiger partial charge on any atom is 0.220 e. The smallest absolute Gasteiger partial charge is 0.220 e. The third kappa shape index (κ3) is 8.42. The van der Waals surface area contributed by atoms with Gasteiger partial charge in [-0.25, -0.2) is 0 Å². The second-order valence-electron chi connectivity index (χ2n) is 3.68. The number of nitrogens with one attached hydrogen (secondary N) is 1. The van der Waals surface area contributed by atoms with E-state index in [4.69, 9.17) is 0 Å². The van der Waals surface area contributed by atoms with Gasteiger partial charge in [0.1, 0.15) is 0 Å². The van der Waals surface area contributed by atoms with Crippen molar-refractivity contribution in [2.45, 2.75) is 64.2 Å². The lowest BCUT2D eigenvalue weighted by Gasteiger charge is -2.12.